The fourth-order valence-electron chi connectivity index (χ4n) is 3.81. The molecule has 4 aromatic rings. The Bertz CT molecular complexity index is 1370. The molecule has 0 unspecified atom stereocenters. The number of likely N-dealkylation sites (N-methyl/N-ethyl adjacent to an activating group) is 2. The number of nitrogens with two attached hydrogens (primary N) is 1. The van der Waals surface area contributed by atoms with Gasteiger partial charge >= 0.3 is 0 Å². The molecule has 0 saturated carbocycles. The van der Waals surface area contributed by atoms with Gasteiger partial charge in [-0.25, -0.2) is 19.3 Å². The van der Waals surface area contributed by atoms with Crippen molar-refractivity contribution in [2.45, 2.75) is 0 Å². The van der Waals surface area contributed by atoms with Gasteiger partial charge in [-0.2, -0.15) is 0 Å². The van der Waals surface area contributed by atoms with Gasteiger partial charge in [0.05, 0.1) is 29.7 Å². The molecular weight excluding hydrogens is 471 g/mol. The van der Waals surface area contributed by atoms with Crippen molar-refractivity contribution in [3.05, 3.63) is 47.4 Å². The van der Waals surface area contributed by atoms with E-state index in [1.54, 1.807) is 43.1 Å². The third-order valence-electron chi connectivity index (χ3n) is 5.66. The molecule has 2 aromatic heterocycles. The minimum atomic E-state index is -0.447. The molecular formula is C24H28ClFN8O. The fourth-order valence-corrected chi connectivity index (χ4v) is 4.01. The average molecular weight is 499 g/mol. The van der Waals surface area contributed by atoms with Gasteiger partial charge in [-0.1, -0.05) is 11.6 Å². The number of anilines is 4. The molecule has 2 aromatic carbocycles. The number of benzene rings is 2. The number of methoxy groups -OCH3 is 1. The van der Waals surface area contributed by atoms with Crippen LogP contribution in [0, 0.1) is 5.82 Å². The van der Waals surface area contributed by atoms with Crippen molar-refractivity contribution in [2.24, 2.45) is 7.05 Å². The molecule has 9 nitrogen and oxygen atoms in total. The summed E-state index contributed by atoms with van der Waals surface area (Å²) >= 11 is 6.00. The second-order valence-corrected chi connectivity index (χ2v) is 8.91. The number of rotatable bonds is 8. The van der Waals surface area contributed by atoms with E-state index in [1.807, 2.05) is 27.2 Å². The Hall–Kier alpha value is -3.63. The lowest BCUT2D eigenvalue weighted by molar-refractivity contribution is 0.413. The number of nitrogens with one attached hydrogen (secondary N) is 1. The predicted octanol–water partition coefficient (Wildman–Crippen LogP) is 4.16. The number of hydrogen-bond acceptors (Lipinski definition) is 8. The average Bonchev–Trinajstić information content (AvgIpc) is 3.14. The van der Waals surface area contributed by atoms with Crippen LogP contribution in [0.25, 0.3) is 22.6 Å². The molecule has 0 amide bonds. The highest BCUT2D eigenvalue weighted by atomic mass is 35.5. The van der Waals surface area contributed by atoms with E-state index in [-0.39, 0.29) is 5.02 Å². The van der Waals surface area contributed by atoms with Crippen LogP contribution in [0.4, 0.5) is 27.4 Å². The van der Waals surface area contributed by atoms with Crippen LogP contribution in [-0.4, -0.2) is 65.8 Å². The predicted molar refractivity (Wildman–Crippen MR) is 139 cm³/mol. The molecule has 0 fully saturated rings. The standard InChI is InChI=1S/C24H28ClFN8O/c1-32(2)8-9-33(3)20-13-21(35-5)18(12-16(20)27)31-24-28-7-6-17(30-24)23-29-19-11-14(25)10-15(26)22(19)34(23)4/h6-7,10-13H,8-9,27H2,1-5H3,(H,28,30,31). The molecule has 184 valence electrons. The van der Waals surface area contributed by atoms with Crippen molar-refractivity contribution >= 4 is 45.6 Å². The number of halogens is 2. The molecule has 0 radical (unpaired) electrons. The summed E-state index contributed by atoms with van der Waals surface area (Å²) in [4.78, 5) is 17.6. The Morgan fingerprint density at radius 1 is 1.14 bits per heavy atom. The van der Waals surface area contributed by atoms with Gasteiger partial charge in [-0.05, 0) is 38.4 Å². The summed E-state index contributed by atoms with van der Waals surface area (Å²) < 4.78 is 21.7. The van der Waals surface area contributed by atoms with Crippen LogP contribution in [0.5, 0.6) is 5.75 Å². The molecule has 0 spiro atoms. The summed E-state index contributed by atoms with van der Waals surface area (Å²) in [5, 5.41) is 3.46. The van der Waals surface area contributed by atoms with Gasteiger partial charge in [-0.3, -0.25) is 0 Å². The van der Waals surface area contributed by atoms with E-state index < -0.39 is 5.82 Å². The SMILES string of the molecule is COc1cc(N(C)CCN(C)C)c(N)cc1Nc1nccc(-c2nc3cc(Cl)cc(F)c3n2C)n1. The van der Waals surface area contributed by atoms with Crippen LogP contribution in [0.2, 0.25) is 5.02 Å². The smallest absolute Gasteiger partial charge is 0.227 e. The topological polar surface area (TPSA) is 97.4 Å². The number of ether oxygens (including phenoxy) is 1. The van der Waals surface area contributed by atoms with Gasteiger partial charge in [0.25, 0.3) is 0 Å². The molecule has 35 heavy (non-hydrogen) atoms. The van der Waals surface area contributed by atoms with Crippen LogP contribution < -0.4 is 20.7 Å². The van der Waals surface area contributed by atoms with Gasteiger partial charge < -0.3 is 30.2 Å². The first-order valence-corrected chi connectivity index (χ1v) is 11.3. The second kappa shape index (κ2) is 9.93. The van der Waals surface area contributed by atoms with Crippen LogP contribution in [0.3, 0.4) is 0 Å². The molecule has 0 atom stereocenters. The van der Waals surface area contributed by atoms with E-state index in [4.69, 9.17) is 22.1 Å². The summed E-state index contributed by atoms with van der Waals surface area (Å²) in [7, 11) is 9.36. The van der Waals surface area contributed by atoms with E-state index in [2.05, 4.69) is 30.1 Å². The van der Waals surface area contributed by atoms with Gasteiger partial charge in [0.15, 0.2) is 11.6 Å². The molecule has 2 heterocycles. The summed E-state index contributed by atoms with van der Waals surface area (Å²) in [5.41, 5.74) is 9.75. The van der Waals surface area contributed by atoms with E-state index >= 15 is 0 Å². The van der Waals surface area contributed by atoms with Gasteiger partial charge in [0, 0.05) is 44.5 Å². The van der Waals surface area contributed by atoms with E-state index in [9.17, 15) is 4.39 Å². The number of imidazole rings is 1. The number of nitrogens with zero attached hydrogens (tertiary/aromatic N) is 6. The first-order valence-electron chi connectivity index (χ1n) is 10.9. The third kappa shape index (κ3) is 5.08. The third-order valence-corrected chi connectivity index (χ3v) is 5.88. The van der Waals surface area contributed by atoms with Crippen LogP contribution in [0.15, 0.2) is 36.5 Å². The first kappa shape index (κ1) is 24.5. The summed E-state index contributed by atoms with van der Waals surface area (Å²) in [6.45, 7) is 1.69. The number of hydrogen-bond donors (Lipinski definition) is 2. The number of aryl methyl sites for hydroxylation is 1. The maximum Gasteiger partial charge on any atom is 0.227 e. The molecule has 0 aliphatic carbocycles. The van der Waals surface area contributed by atoms with Crippen molar-refractivity contribution in [3.63, 3.8) is 0 Å². The lowest BCUT2D eigenvalue weighted by atomic mass is 10.2. The number of fused-ring (bicyclic) bond motifs is 1. The quantitative estimate of drug-likeness (QED) is 0.350. The van der Waals surface area contributed by atoms with Crippen molar-refractivity contribution in [2.75, 3.05) is 57.3 Å². The lowest BCUT2D eigenvalue weighted by Crippen LogP contribution is -2.29. The Morgan fingerprint density at radius 2 is 1.91 bits per heavy atom. The van der Waals surface area contributed by atoms with Gasteiger partial charge in [0.2, 0.25) is 5.95 Å². The lowest BCUT2D eigenvalue weighted by Gasteiger charge is -2.24. The van der Waals surface area contributed by atoms with Crippen molar-refractivity contribution in [1.29, 1.82) is 0 Å². The number of aromatic nitrogens is 4. The molecule has 0 aliphatic rings. The zero-order valence-corrected chi connectivity index (χ0v) is 21.1. The monoisotopic (exact) mass is 498 g/mol. The normalized spacial score (nSPS) is 11.3. The number of nitrogen functional groups attached to an aromatic ring is 1. The Morgan fingerprint density at radius 3 is 2.63 bits per heavy atom. The van der Waals surface area contributed by atoms with Crippen LogP contribution >= 0.6 is 11.6 Å². The van der Waals surface area contributed by atoms with E-state index in [0.717, 1.165) is 18.8 Å². The Balaban J connectivity index is 1.65. The molecule has 0 aliphatic heterocycles. The van der Waals surface area contributed by atoms with Crippen molar-refractivity contribution in [1.82, 2.24) is 24.4 Å². The fraction of sp³-hybridized carbons (Fsp3) is 0.292. The maximum absolute atomic E-state index is 14.5. The highest BCUT2D eigenvalue weighted by Crippen LogP contribution is 2.36. The summed E-state index contributed by atoms with van der Waals surface area (Å²) in [6, 6.07) is 8.27. The molecule has 4 rings (SSSR count). The molecule has 0 saturated heterocycles. The Labute approximate surface area is 208 Å². The van der Waals surface area contributed by atoms with E-state index in [1.165, 1.54) is 6.07 Å². The van der Waals surface area contributed by atoms with Crippen LogP contribution in [-0.2, 0) is 7.05 Å². The van der Waals surface area contributed by atoms with Crippen molar-refractivity contribution < 1.29 is 9.13 Å². The largest absolute Gasteiger partial charge is 0.494 e. The Kier molecular flexibility index (Phi) is 6.95. The molecule has 0 bridgehead atoms. The zero-order valence-electron chi connectivity index (χ0n) is 20.3. The van der Waals surface area contributed by atoms with Crippen LogP contribution in [0.1, 0.15) is 0 Å². The van der Waals surface area contributed by atoms with Gasteiger partial charge in [0.1, 0.15) is 17.0 Å². The van der Waals surface area contributed by atoms with Gasteiger partial charge in [-0.15, -0.1) is 0 Å². The molecule has 3 N–H and O–H groups in total. The highest BCUT2D eigenvalue weighted by molar-refractivity contribution is 6.31. The summed E-state index contributed by atoms with van der Waals surface area (Å²) in [5.74, 6) is 0.951. The van der Waals surface area contributed by atoms with Crippen molar-refractivity contribution in [3.8, 4) is 17.3 Å². The first-order chi connectivity index (χ1) is 16.7. The maximum atomic E-state index is 14.5. The highest BCUT2D eigenvalue weighted by Gasteiger charge is 2.17. The zero-order chi connectivity index (χ0) is 25.3. The second-order valence-electron chi connectivity index (χ2n) is 8.48. The molecule has 11 heteroatoms. The minimum Gasteiger partial charge on any atom is -0.494 e. The van der Waals surface area contributed by atoms with E-state index in [0.29, 0.717) is 45.6 Å². The minimum absolute atomic E-state index is 0.283. The summed E-state index contributed by atoms with van der Waals surface area (Å²) in [6.07, 6.45) is 1.60.